The van der Waals surface area contributed by atoms with E-state index in [1.807, 2.05) is 31.2 Å². The number of halogens is 1. The molecule has 0 amide bonds. The lowest BCUT2D eigenvalue weighted by Crippen LogP contribution is -2.06. The SMILES string of the molecule is COc1cc(C(=O)OCc2coc(-c3ccc(C)cc3)n2)cc(Cl)c1OC. The summed E-state index contributed by atoms with van der Waals surface area (Å²) in [5.41, 5.74) is 2.75. The summed E-state index contributed by atoms with van der Waals surface area (Å²) in [5.74, 6) is 0.614. The molecule has 0 aliphatic rings. The van der Waals surface area contributed by atoms with Gasteiger partial charge in [0, 0.05) is 5.56 Å². The largest absolute Gasteiger partial charge is 0.493 e. The molecule has 6 nitrogen and oxygen atoms in total. The Morgan fingerprint density at radius 3 is 2.56 bits per heavy atom. The third kappa shape index (κ3) is 4.23. The fourth-order valence-electron chi connectivity index (χ4n) is 2.46. The molecule has 0 spiro atoms. The molecule has 0 aliphatic carbocycles. The van der Waals surface area contributed by atoms with E-state index in [4.69, 9.17) is 30.2 Å². The first kappa shape index (κ1) is 18.8. The maximum Gasteiger partial charge on any atom is 0.338 e. The molecule has 27 heavy (non-hydrogen) atoms. The molecule has 0 aliphatic heterocycles. The Morgan fingerprint density at radius 2 is 1.89 bits per heavy atom. The number of oxazole rings is 1. The zero-order valence-electron chi connectivity index (χ0n) is 15.1. The summed E-state index contributed by atoms with van der Waals surface area (Å²) in [7, 11) is 2.93. The van der Waals surface area contributed by atoms with Gasteiger partial charge >= 0.3 is 5.97 Å². The summed E-state index contributed by atoms with van der Waals surface area (Å²) in [6, 6.07) is 10.8. The third-order valence-electron chi connectivity index (χ3n) is 3.87. The van der Waals surface area contributed by atoms with Gasteiger partial charge in [-0.2, -0.15) is 0 Å². The third-order valence-corrected chi connectivity index (χ3v) is 4.15. The molecule has 0 unspecified atom stereocenters. The van der Waals surface area contributed by atoms with Gasteiger partial charge in [-0.3, -0.25) is 0 Å². The van der Waals surface area contributed by atoms with Crippen LogP contribution in [-0.4, -0.2) is 25.2 Å². The van der Waals surface area contributed by atoms with Gasteiger partial charge in [-0.25, -0.2) is 9.78 Å². The quantitative estimate of drug-likeness (QED) is 0.572. The van der Waals surface area contributed by atoms with E-state index in [0.717, 1.165) is 11.1 Å². The van der Waals surface area contributed by atoms with Crippen molar-refractivity contribution < 1.29 is 23.4 Å². The molecule has 1 aromatic heterocycles. The monoisotopic (exact) mass is 387 g/mol. The first-order valence-corrected chi connectivity index (χ1v) is 8.49. The fraction of sp³-hybridized carbons (Fsp3) is 0.200. The van der Waals surface area contributed by atoms with E-state index in [-0.39, 0.29) is 17.2 Å². The highest BCUT2D eigenvalue weighted by Crippen LogP contribution is 2.36. The van der Waals surface area contributed by atoms with Crippen molar-refractivity contribution in [2.24, 2.45) is 0 Å². The Balaban J connectivity index is 1.69. The summed E-state index contributed by atoms with van der Waals surface area (Å²) < 4.78 is 21.1. The summed E-state index contributed by atoms with van der Waals surface area (Å²) in [6.45, 7) is 1.98. The molecule has 0 fully saturated rings. The van der Waals surface area contributed by atoms with E-state index >= 15 is 0 Å². The van der Waals surface area contributed by atoms with Crippen molar-refractivity contribution >= 4 is 17.6 Å². The first-order valence-electron chi connectivity index (χ1n) is 8.12. The summed E-state index contributed by atoms with van der Waals surface area (Å²) in [6.07, 6.45) is 1.46. The van der Waals surface area contributed by atoms with Crippen molar-refractivity contribution in [3.63, 3.8) is 0 Å². The summed E-state index contributed by atoms with van der Waals surface area (Å²) in [5, 5.41) is 0.256. The second-order valence-corrected chi connectivity index (χ2v) is 6.19. The minimum Gasteiger partial charge on any atom is -0.493 e. The number of rotatable bonds is 6. The number of hydrogen-bond acceptors (Lipinski definition) is 6. The van der Waals surface area contributed by atoms with Crippen LogP contribution < -0.4 is 9.47 Å². The number of carbonyl (C=O) groups is 1. The lowest BCUT2D eigenvalue weighted by Gasteiger charge is -2.11. The van der Waals surface area contributed by atoms with E-state index in [1.165, 1.54) is 32.6 Å². The highest BCUT2D eigenvalue weighted by atomic mass is 35.5. The van der Waals surface area contributed by atoms with Gasteiger partial charge in [0.15, 0.2) is 11.5 Å². The van der Waals surface area contributed by atoms with Crippen molar-refractivity contribution in [1.29, 1.82) is 0 Å². The number of esters is 1. The van der Waals surface area contributed by atoms with Gasteiger partial charge in [-0.05, 0) is 31.2 Å². The van der Waals surface area contributed by atoms with Crippen LogP contribution in [0.25, 0.3) is 11.5 Å². The van der Waals surface area contributed by atoms with Crippen molar-refractivity contribution in [3.05, 3.63) is 64.5 Å². The smallest absolute Gasteiger partial charge is 0.338 e. The molecule has 1 heterocycles. The molecule has 140 valence electrons. The molecular weight excluding hydrogens is 370 g/mol. The van der Waals surface area contributed by atoms with Gasteiger partial charge in [0.25, 0.3) is 0 Å². The van der Waals surface area contributed by atoms with Crippen molar-refractivity contribution in [2.45, 2.75) is 13.5 Å². The molecule has 0 saturated heterocycles. The van der Waals surface area contributed by atoms with Gasteiger partial charge in [0.2, 0.25) is 5.89 Å². The molecule has 3 aromatic rings. The average molecular weight is 388 g/mol. The van der Waals surface area contributed by atoms with Gasteiger partial charge in [0.05, 0.1) is 24.8 Å². The molecular formula is C20H18ClNO5. The van der Waals surface area contributed by atoms with Crippen LogP contribution in [0.3, 0.4) is 0 Å². The van der Waals surface area contributed by atoms with E-state index in [9.17, 15) is 4.79 Å². The maximum atomic E-state index is 12.3. The molecule has 0 bridgehead atoms. The predicted molar refractivity (Wildman–Crippen MR) is 100 cm³/mol. The number of benzene rings is 2. The minimum atomic E-state index is -0.558. The van der Waals surface area contributed by atoms with Crippen LogP contribution in [0.4, 0.5) is 0 Å². The van der Waals surface area contributed by atoms with Crippen LogP contribution in [0, 0.1) is 6.92 Å². The molecule has 7 heteroatoms. The summed E-state index contributed by atoms with van der Waals surface area (Å²) in [4.78, 5) is 16.7. The van der Waals surface area contributed by atoms with E-state index in [1.54, 1.807) is 0 Å². The van der Waals surface area contributed by atoms with E-state index in [0.29, 0.717) is 23.1 Å². The molecule has 0 atom stereocenters. The highest BCUT2D eigenvalue weighted by Gasteiger charge is 2.17. The average Bonchev–Trinajstić information content (AvgIpc) is 3.15. The van der Waals surface area contributed by atoms with Gasteiger partial charge in [-0.1, -0.05) is 29.3 Å². The van der Waals surface area contributed by atoms with Crippen LogP contribution in [0.5, 0.6) is 11.5 Å². The summed E-state index contributed by atoms with van der Waals surface area (Å²) >= 11 is 6.12. The molecule has 3 rings (SSSR count). The normalized spacial score (nSPS) is 10.5. The van der Waals surface area contributed by atoms with Crippen LogP contribution in [0.15, 0.2) is 47.1 Å². The topological polar surface area (TPSA) is 70.8 Å². The van der Waals surface area contributed by atoms with Gasteiger partial charge in [-0.15, -0.1) is 0 Å². The molecule has 0 saturated carbocycles. The first-order chi connectivity index (χ1) is 13.0. The number of carbonyl (C=O) groups excluding carboxylic acids is 1. The predicted octanol–water partition coefficient (Wildman–Crippen LogP) is 4.68. The van der Waals surface area contributed by atoms with Crippen molar-refractivity contribution in [3.8, 4) is 23.0 Å². The Hall–Kier alpha value is -2.99. The zero-order chi connectivity index (χ0) is 19.4. The molecule has 0 radical (unpaired) electrons. The number of ether oxygens (including phenoxy) is 3. The van der Waals surface area contributed by atoms with Crippen LogP contribution in [0.2, 0.25) is 5.02 Å². The number of hydrogen-bond donors (Lipinski definition) is 0. The lowest BCUT2D eigenvalue weighted by atomic mass is 10.1. The van der Waals surface area contributed by atoms with Gasteiger partial charge < -0.3 is 18.6 Å². The lowest BCUT2D eigenvalue weighted by molar-refractivity contribution is 0.0467. The highest BCUT2D eigenvalue weighted by molar-refractivity contribution is 6.32. The number of nitrogens with zero attached hydrogens (tertiary/aromatic N) is 1. The minimum absolute atomic E-state index is 0.0276. The Kier molecular flexibility index (Phi) is 5.66. The van der Waals surface area contributed by atoms with E-state index in [2.05, 4.69) is 4.98 Å². The Labute approximate surface area is 161 Å². The molecule has 0 N–H and O–H groups in total. The van der Waals surface area contributed by atoms with Crippen molar-refractivity contribution in [1.82, 2.24) is 4.98 Å². The van der Waals surface area contributed by atoms with Gasteiger partial charge in [0.1, 0.15) is 18.6 Å². The van der Waals surface area contributed by atoms with Crippen molar-refractivity contribution in [2.75, 3.05) is 14.2 Å². The second-order valence-electron chi connectivity index (χ2n) is 5.78. The number of aromatic nitrogens is 1. The second kappa shape index (κ2) is 8.14. The standard InChI is InChI=1S/C20H18ClNO5/c1-12-4-6-13(7-5-12)19-22-15(10-26-19)11-27-20(23)14-8-16(21)18(25-3)17(9-14)24-2/h4-10H,11H2,1-3H3. The zero-order valence-corrected chi connectivity index (χ0v) is 15.9. The van der Waals surface area contributed by atoms with E-state index < -0.39 is 5.97 Å². The van der Waals surface area contributed by atoms with Crippen LogP contribution in [-0.2, 0) is 11.3 Å². The van der Waals surface area contributed by atoms with Crippen LogP contribution in [0.1, 0.15) is 21.6 Å². The molecule has 2 aromatic carbocycles. The fourth-order valence-corrected chi connectivity index (χ4v) is 2.75. The number of methoxy groups -OCH3 is 2. The Morgan fingerprint density at radius 1 is 1.15 bits per heavy atom. The maximum absolute atomic E-state index is 12.3. The Bertz CT molecular complexity index is 950. The van der Waals surface area contributed by atoms with Crippen LogP contribution >= 0.6 is 11.6 Å². The number of aryl methyl sites for hydroxylation is 1.